The Labute approximate surface area is 176 Å². The normalized spacial score (nSPS) is 14.3. The highest BCUT2D eigenvalue weighted by molar-refractivity contribution is 5.88. The summed E-state index contributed by atoms with van der Waals surface area (Å²) in [4.78, 5) is 34.6. The second-order valence-corrected chi connectivity index (χ2v) is 6.93. The molecule has 1 unspecified atom stereocenters. The van der Waals surface area contributed by atoms with Gasteiger partial charge in [0.15, 0.2) is 0 Å². The third-order valence-electron chi connectivity index (χ3n) is 4.58. The lowest BCUT2D eigenvalue weighted by Crippen LogP contribution is -2.46. The average Bonchev–Trinajstić information content (AvgIpc) is 3.46. The van der Waals surface area contributed by atoms with Crippen LogP contribution >= 0.6 is 0 Å². The Bertz CT molecular complexity index is 775. The summed E-state index contributed by atoms with van der Waals surface area (Å²) in [5.74, 6) is 0.109. The van der Waals surface area contributed by atoms with E-state index >= 15 is 0 Å². The zero-order valence-corrected chi connectivity index (χ0v) is 18.0. The van der Waals surface area contributed by atoms with Gasteiger partial charge in [0.1, 0.15) is 5.69 Å². The lowest BCUT2D eigenvalue weighted by Gasteiger charge is -2.33. The minimum Gasteiger partial charge on any atom is -0.471 e. The van der Waals surface area contributed by atoms with Gasteiger partial charge in [0, 0.05) is 27.3 Å². The van der Waals surface area contributed by atoms with Crippen molar-refractivity contribution in [2.45, 2.75) is 31.7 Å². The average molecular weight is 418 g/mol. The summed E-state index contributed by atoms with van der Waals surface area (Å²) in [6.07, 6.45) is 5.10. The number of likely N-dealkylation sites (tertiary alicyclic amines) is 1. The van der Waals surface area contributed by atoms with Gasteiger partial charge in [-0.25, -0.2) is 0 Å². The summed E-state index contributed by atoms with van der Waals surface area (Å²) in [6.45, 7) is 4.31. The maximum absolute atomic E-state index is 13.1. The second-order valence-electron chi connectivity index (χ2n) is 6.93. The topological polar surface area (TPSA) is 103 Å². The van der Waals surface area contributed by atoms with Crippen LogP contribution in [-0.4, -0.2) is 61.5 Å². The summed E-state index contributed by atoms with van der Waals surface area (Å²) in [7, 11) is 4.56. The minimum atomic E-state index is -0.724. The Morgan fingerprint density at radius 2 is 1.77 bits per heavy atom. The Morgan fingerprint density at radius 3 is 2.23 bits per heavy atom. The zero-order chi connectivity index (χ0) is 22.4. The van der Waals surface area contributed by atoms with Crippen LogP contribution in [0.15, 0.2) is 47.9 Å². The van der Waals surface area contributed by atoms with Crippen molar-refractivity contribution in [3.63, 3.8) is 0 Å². The first-order chi connectivity index (χ1) is 14.5. The largest absolute Gasteiger partial charge is 0.471 e. The molecule has 0 aliphatic carbocycles. The van der Waals surface area contributed by atoms with E-state index in [0.717, 1.165) is 31.5 Å². The molecule has 9 heteroatoms. The van der Waals surface area contributed by atoms with Crippen molar-refractivity contribution in [2.75, 3.05) is 34.4 Å². The number of aromatic nitrogens is 2. The maximum atomic E-state index is 13.1. The van der Waals surface area contributed by atoms with Crippen LogP contribution in [0.2, 0.25) is 0 Å². The molecule has 1 amide bonds. The summed E-state index contributed by atoms with van der Waals surface area (Å²) >= 11 is 0. The monoisotopic (exact) mass is 418 g/mol. The number of nitrogens with zero attached hydrogens (tertiary/aromatic N) is 4. The molecule has 1 fully saturated rings. The van der Waals surface area contributed by atoms with E-state index in [9.17, 15) is 9.70 Å². The van der Waals surface area contributed by atoms with Crippen molar-refractivity contribution in [1.82, 2.24) is 14.7 Å². The molecule has 0 N–H and O–H groups in total. The molecule has 1 aromatic carbocycles. The second kappa shape index (κ2) is 13.2. The number of carbonyl (C=O) groups is 2. The molecule has 1 atom stereocenters. The molecular formula is C21H30N4O5. The molecule has 1 aromatic heterocycles. The first-order valence-electron chi connectivity index (χ1n) is 9.54. The van der Waals surface area contributed by atoms with Crippen LogP contribution in [0.4, 0.5) is 5.69 Å². The van der Waals surface area contributed by atoms with Crippen LogP contribution in [0, 0.1) is 4.91 Å². The summed E-state index contributed by atoms with van der Waals surface area (Å²) in [5.41, 5.74) is 0.500. The van der Waals surface area contributed by atoms with Gasteiger partial charge in [-0.15, -0.1) is 4.91 Å². The first kappa shape index (κ1) is 25.0. The number of methoxy groups -OCH3 is 2. The van der Waals surface area contributed by atoms with Gasteiger partial charge >= 0.3 is 0 Å². The van der Waals surface area contributed by atoms with Gasteiger partial charge in [-0.2, -0.15) is 5.10 Å². The predicted molar refractivity (Wildman–Crippen MR) is 113 cm³/mol. The van der Waals surface area contributed by atoms with E-state index in [1.807, 2.05) is 42.2 Å². The number of benzene rings is 1. The Kier molecular flexibility index (Phi) is 11.0. The standard InChI is InChI=1S/C17H20N4O2.C2H4O2.C2H6O/c1-17(14-7-3-2-4-8-14,16(22)20-9-5-6-10-20)13-21-12-15(19-23)11-18-21;1-4-2-3;1-3-2/h2-4,7-8,11-12H,5-6,9-10,13H2,1H3;2H,1H3;1-2H3. The van der Waals surface area contributed by atoms with E-state index in [0.29, 0.717) is 13.0 Å². The molecule has 164 valence electrons. The Balaban J connectivity index is 0.000000564. The fraction of sp³-hybridized carbons (Fsp3) is 0.476. The van der Waals surface area contributed by atoms with Crippen LogP contribution < -0.4 is 0 Å². The highest BCUT2D eigenvalue weighted by Gasteiger charge is 2.39. The first-order valence-corrected chi connectivity index (χ1v) is 9.54. The van der Waals surface area contributed by atoms with E-state index in [1.165, 1.54) is 13.3 Å². The van der Waals surface area contributed by atoms with E-state index < -0.39 is 5.41 Å². The fourth-order valence-corrected chi connectivity index (χ4v) is 3.17. The van der Waals surface area contributed by atoms with Gasteiger partial charge in [0.2, 0.25) is 5.91 Å². The molecule has 0 radical (unpaired) electrons. The molecule has 0 saturated carbocycles. The molecule has 0 bridgehead atoms. The summed E-state index contributed by atoms with van der Waals surface area (Å²) in [5, 5.41) is 7.05. The number of hydrogen-bond donors (Lipinski definition) is 0. The predicted octanol–water partition coefficient (Wildman–Crippen LogP) is 2.91. The molecule has 2 heterocycles. The van der Waals surface area contributed by atoms with Gasteiger partial charge < -0.3 is 14.4 Å². The molecular weight excluding hydrogens is 388 g/mol. The number of rotatable bonds is 6. The van der Waals surface area contributed by atoms with Gasteiger partial charge in [-0.1, -0.05) is 30.3 Å². The van der Waals surface area contributed by atoms with Crippen molar-refractivity contribution < 1.29 is 19.1 Å². The molecule has 9 nitrogen and oxygen atoms in total. The van der Waals surface area contributed by atoms with Crippen LogP contribution in [0.1, 0.15) is 25.3 Å². The van der Waals surface area contributed by atoms with Crippen molar-refractivity contribution in [3.8, 4) is 0 Å². The third-order valence-corrected chi connectivity index (χ3v) is 4.58. The van der Waals surface area contributed by atoms with Gasteiger partial charge in [0.25, 0.3) is 6.47 Å². The zero-order valence-electron chi connectivity index (χ0n) is 18.0. The van der Waals surface area contributed by atoms with Gasteiger partial charge in [-0.3, -0.25) is 14.3 Å². The van der Waals surface area contributed by atoms with E-state index in [-0.39, 0.29) is 11.6 Å². The molecule has 2 aromatic rings. The minimum absolute atomic E-state index is 0.109. The number of hydrogen-bond acceptors (Lipinski definition) is 7. The van der Waals surface area contributed by atoms with Crippen molar-refractivity contribution >= 4 is 18.1 Å². The molecule has 0 spiro atoms. The van der Waals surface area contributed by atoms with E-state index in [4.69, 9.17) is 4.79 Å². The third kappa shape index (κ3) is 7.07. The number of carbonyl (C=O) groups excluding carboxylic acids is 2. The highest BCUT2D eigenvalue weighted by Crippen LogP contribution is 2.30. The highest BCUT2D eigenvalue weighted by atomic mass is 16.5. The molecule has 1 saturated heterocycles. The Morgan fingerprint density at radius 1 is 1.20 bits per heavy atom. The lowest BCUT2D eigenvalue weighted by molar-refractivity contribution is -0.136. The number of amides is 1. The van der Waals surface area contributed by atoms with Gasteiger partial charge in [0.05, 0.1) is 31.5 Å². The molecule has 30 heavy (non-hydrogen) atoms. The maximum Gasteiger partial charge on any atom is 0.292 e. The van der Waals surface area contributed by atoms with Crippen molar-refractivity contribution in [3.05, 3.63) is 53.2 Å². The van der Waals surface area contributed by atoms with Crippen LogP contribution in [-0.2, 0) is 31.0 Å². The van der Waals surface area contributed by atoms with E-state index in [2.05, 4.69) is 19.7 Å². The molecule has 1 aliphatic rings. The number of nitroso groups, excluding NO2 is 1. The fourth-order valence-electron chi connectivity index (χ4n) is 3.17. The molecule has 1 aliphatic heterocycles. The number of ether oxygens (including phenoxy) is 2. The van der Waals surface area contributed by atoms with Crippen LogP contribution in [0.3, 0.4) is 0 Å². The quantitative estimate of drug-likeness (QED) is 0.528. The molecule has 3 rings (SSSR count). The van der Waals surface area contributed by atoms with Crippen LogP contribution in [0.25, 0.3) is 0 Å². The van der Waals surface area contributed by atoms with E-state index in [1.54, 1.807) is 25.1 Å². The van der Waals surface area contributed by atoms with Crippen LogP contribution in [0.5, 0.6) is 0 Å². The summed E-state index contributed by atoms with van der Waals surface area (Å²) in [6, 6.07) is 9.75. The lowest BCUT2D eigenvalue weighted by atomic mass is 9.81. The van der Waals surface area contributed by atoms with Crippen molar-refractivity contribution in [1.29, 1.82) is 0 Å². The summed E-state index contributed by atoms with van der Waals surface area (Å²) < 4.78 is 9.73. The van der Waals surface area contributed by atoms with Gasteiger partial charge in [-0.05, 0) is 30.5 Å². The smallest absolute Gasteiger partial charge is 0.292 e. The Hall–Kier alpha value is -3.07. The van der Waals surface area contributed by atoms with Crippen molar-refractivity contribution in [2.24, 2.45) is 5.18 Å². The SMILES string of the molecule is CC(Cn1cc(N=O)cn1)(C(=O)N1CCCC1)c1ccccc1.COC.COC=O.